The Bertz CT molecular complexity index is 528. The van der Waals surface area contributed by atoms with E-state index in [-0.39, 0.29) is 24.3 Å². The summed E-state index contributed by atoms with van der Waals surface area (Å²) in [5.41, 5.74) is -0.703. The summed E-state index contributed by atoms with van der Waals surface area (Å²) in [5.74, 6) is 0.254. The van der Waals surface area contributed by atoms with Crippen LogP contribution in [0.1, 0.15) is 31.2 Å². The van der Waals surface area contributed by atoms with E-state index < -0.39 is 11.7 Å². The van der Waals surface area contributed by atoms with Gasteiger partial charge < -0.3 is 10.4 Å². The first-order chi connectivity index (χ1) is 10.9. The van der Waals surface area contributed by atoms with Crippen LogP contribution in [-0.2, 0) is 11.0 Å². The second kappa shape index (κ2) is 8.06. The minimum atomic E-state index is -4.37. The molecule has 1 amide bonds. The van der Waals surface area contributed by atoms with Crippen LogP contribution < -0.4 is 5.32 Å². The Kier molecular flexibility index (Phi) is 6.35. The van der Waals surface area contributed by atoms with Crippen molar-refractivity contribution in [2.24, 2.45) is 5.92 Å². The molecule has 0 saturated heterocycles. The molecule has 1 aliphatic rings. The van der Waals surface area contributed by atoms with Crippen molar-refractivity contribution in [1.29, 1.82) is 0 Å². The number of amides is 1. The molecule has 0 aromatic heterocycles. The lowest BCUT2D eigenvalue weighted by Gasteiger charge is -2.27. The maximum atomic E-state index is 12.6. The minimum Gasteiger partial charge on any atom is -0.396 e. The predicted octanol–water partition coefficient (Wildman–Crippen LogP) is 3.46. The van der Waals surface area contributed by atoms with Gasteiger partial charge in [0.25, 0.3) is 0 Å². The number of carbonyl (C=O) groups excluding carboxylic acids is 1. The van der Waals surface area contributed by atoms with Crippen LogP contribution in [0.4, 0.5) is 13.2 Å². The summed E-state index contributed by atoms with van der Waals surface area (Å²) in [6.07, 6.45) is -0.912. The highest BCUT2D eigenvalue weighted by atomic mass is 32.2. The van der Waals surface area contributed by atoms with Crippen molar-refractivity contribution in [3.05, 3.63) is 29.8 Å². The van der Waals surface area contributed by atoms with Crippen molar-refractivity contribution >= 4 is 17.7 Å². The van der Waals surface area contributed by atoms with Gasteiger partial charge >= 0.3 is 6.18 Å². The zero-order valence-corrected chi connectivity index (χ0v) is 13.4. The molecule has 0 unspecified atom stereocenters. The van der Waals surface area contributed by atoms with Crippen LogP contribution >= 0.6 is 11.8 Å². The number of aliphatic hydroxyl groups is 1. The van der Waals surface area contributed by atoms with Gasteiger partial charge in [0, 0.05) is 17.5 Å². The zero-order chi connectivity index (χ0) is 16.9. The first-order valence-corrected chi connectivity index (χ1v) is 8.57. The third-order valence-electron chi connectivity index (χ3n) is 4.00. The van der Waals surface area contributed by atoms with E-state index in [1.807, 2.05) is 0 Å². The highest BCUT2D eigenvalue weighted by Crippen LogP contribution is 2.32. The van der Waals surface area contributed by atoms with Gasteiger partial charge in [-0.3, -0.25) is 4.79 Å². The van der Waals surface area contributed by atoms with Crippen LogP contribution in [0, 0.1) is 5.92 Å². The molecule has 3 nitrogen and oxygen atoms in total. The van der Waals surface area contributed by atoms with Gasteiger partial charge in [0.1, 0.15) is 0 Å². The summed E-state index contributed by atoms with van der Waals surface area (Å²) in [6, 6.07) is 5.10. The number of rotatable bonds is 5. The fourth-order valence-corrected chi connectivity index (χ4v) is 3.44. The molecule has 0 bridgehead atoms. The van der Waals surface area contributed by atoms with E-state index in [1.165, 1.54) is 6.07 Å². The number of aliphatic hydroxyl groups excluding tert-OH is 1. The molecule has 0 atom stereocenters. The van der Waals surface area contributed by atoms with Gasteiger partial charge in [-0.25, -0.2) is 0 Å². The lowest BCUT2D eigenvalue weighted by atomic mass is 9.86. The number of hydrogen-bond donors (Lipinski definition) is 2. The molecule has 1 aromatic rings. The van der Waals surface area contributed by atoms with Crippen molar-refractivity contribution in [2.45, 2.75) is 42.8 Å². The van der Waals surface area contributed by atoms with Crippen LogP contribution in [0.25, 0.3) is 0 Å². The molecule has 0 spiro atoms. The van der Waals surface area contributed by atoms with E-state index in [2.05, 4.69) is 5.32 Å². The summed E-state index contributed by atoms with van der Waals surface area (Å²) < 4.78 is 37.9. The Morgan fingerprint density at radius 1 is 1.26 bits per heavy atom. The van der Waals surface area contributed by atoms with Crippen LogP contribution in [0.3, 0.4) is 0 Å². The predicted molar refractivity (Wildman–Crippen MR) is 83.1 cm³/mol. The van der Waals surface area contributed by atoms with E-state index in [0.29, 0.717) is 10.8 Å². The number of halogens is 3. The molecule has 1 aliphatic carbocycles. The maximum absolute atomic E-state index is 12.6. The van der Waals surface area contributed by atoms with Crippen LogP contribution in [0.5, 0.6) is 0 Å². The number of thioether (sulfide) groups is 1. The molecule has 2 N–H and O–H groups in total. The Balaban J connectivity index is 1.79. The fourth-order valence-electron chi connectivity index (χ4n) is 2.67. The van der Waals surface area contributed by atoms with E-state index in [4.69, 9.17) is 5.11 Å². The summed E-state index contributed by atoms with van der Waals surface area (Å²) in [5, 5.41) is 12.0. The SMILES string of the molecule is O=C(CSc1cccc(C(F)(F)F)c1)NC1CCC(CO)CC1. The number of benzene rings is 1. The molecule has 2 rings (SSSR count). The Morgan fingerprint density at radius 3 is 2.57 bits per heavy atom. The molecule has 1 aromatic carbocycles. The summed E-state index contributed by atoms with van der Waals surface area (Å²) in [4.78, 5) is 12.3. The van der Waals surface area contributed by atoms with Crippen molar-refractivity contribution < 1.29 is 23.1 Å². The third kappa shape index (κ3) is 5.73. The molecular weight excluding hydrogens is 327 g/mol. The van der Waals surface area contributed by atoms with Crippen molar-refractivity contribution in [3.63, 3.8) is 0 Å². The number of hydrogen-bond acceptors (Lipinski definition) is 3. The van der Waals surface area contributed by atoms with Crippen LogP contribution in [0.2, 0.25) is 0 Å². The van der Waals surface area contributed by atoms with E-state index in [0.717, 1.165) is 49.6 Å². The first kappa shape index (κ1) is 18.1. The molecule has 128 valence electrons. The topological polar surface area (TPSA) is 49.3 Å². The molecule has 0 aliphatic heterocycles. The smallest absolute Gasteiger partial charge is 0.396 e. The van der Waals surface area contributed by atoms with Crippen molar-refractivity contribution in [3.8, 4) is 0 Å². The monoisotopic (exact) mass is 347 g/mol. The number of carbonyl (C=O) groups is 1. The number of nitrogens with one attached hydrogen (secondary N) is 1. The van der Waals surface area contributed by atoms with Gasteiger partial charge in [-0.15, -0.1) is 11.8 Å². The molecule has 0 heterocycles. The molecular formula is C16H20F3NO2S. The Labute approximate surface area is 137 Å². The van der Waals surface area contributed by atoms with E-state index >= 15 is 0 Å². The normalized spacial score (nSPS) is 21.9. The molecule has 1 fully saturated rings. The summed E-state index contributed by atoms with van der Waals surface area (Å²) >= 11 is 1.10. The van der Waals surface area contributed by atoms with Gasteiger partial charge in [-0.05, 0) is 49.8 Å². The average Bonchev–Trinajstić information content (AvgIpc) is 2.53. The summed E-state index contributed by atoms with van der Waals surface area (Å²) in [6.45, 7) is 0.187. The van der Waals surface area contributed by atoms with Gasteiger partial charge in [-0.1, -0.05) is 6.07 Å². The molecule has 7 heteroatoms. The highest BCUT2D eigenvalue weighted by molar-refractivity contribution is 8.00. The van der Waals surface area contributed by atoms with Gasteiger partial charge in [0.15, 0.2) is 0 Å². The van der Waals surface area contributed by atoms with E-state index in [1.54, 1.807) is 6.07 Å². The van der Waals surface area contributed by atoms with Crippen LogP contribution in [-0.4, -0.2) is 29.4 Å². The lowest BCUT2D eigenvalue weighted by molar-refractivity contribution is -0.137. The second-order valence-electron chi connectivity index (χ2n) is 5.78. The number of alkyl halides is 3. The first-order valence-electron chi connectivity index (χ1n) is 7.58. The Morgan fingerprint density at radius 2 is 1.96 bits per heavy atom. The third-order valence-corrected chi connectivity index (χ3v) is 5.00. The Hall–Kier alpha value is -1.21. The lowest BCUT2D eigenvalue weighted by Crippen LogP contribution is -2.38. The largest absolute Gasteiger partial charge is 0.416 e. The zero-order valence-electron chi connectivity index (χ0n) is 12.6. The maximum Gasteiger partial charge on any atom is 0.416 e. The van der Waals surface area contributed by atoms with Gasteiger partial charge in [0.05, 0.1) is 11.3 Å². The molecule has 1 saturated carbocycles. The highest BCUT2D eigenvalue weighted by Gasteiger charge is 2.30. The standard InChI is InChI=1S/C16H20F3NO2S/c17-16(18,19)12-2-1-3-14(8-12)23-10-15(22)20-13-6-4-11(9-21)5-7-13/h1-3,8,11,13,21H,4-7,9-10H2,(H,20,22). The average molecular weight is 347 g/mol. The summed E-state index contributed by atoms with van der Waals surface area (Å²) in [7, 11) is 0. The van der Waals surface area contributed by atoms with Crippen molar-refractivity contribution in [2.75, 3.05) is 12.4 Å². The quantitative estimate of drug-likeness (QED) is 0.802. The minimum absolute atomic E-state index is 0.0985. The second-order valence-corrected chi connectivity index (χ2v) is 6.83. The molecule has 0 radical (unpaired) electrons. The fraction of sp³-hybridized carbons (Fsp3) is 0.562. The van der Waals surface area contributed by atoms with E-state index in [9.17, 15) is 18.0 Å². The van der Waals surface area contributed by atoms with Crippen LogP contribution in [0.15, 0.2) is 29.2 Å². The van der Waals surface area contributed by atoms with Gasteiger partial charge in [-0.2, -0.15) is 13.2 Å². The van der Waals surface area contributed by atoms with Crippen molar-refractivity contribution in [1.82, 2.24) is 5.32 Å². The molecule has 23 heavy (non-hydrogen) atoms. The van der Waals surface area contributed by atoms with Gasteiger partial charge in [0.2, 0.25) is 5.91 Å².